The maximum Gasteiger partial charge on any atom is 0.573 e. The molecule has 1 aliphatic heterocycles. The molecule has 30 heavy (non-hydrogen) atoms. The fraction of sp³-hybridized carbons (Fsp3) is 0.158. The van der Waals surface area contributed by atoms with Crippen LogP contribution in [0.3, 0.4) is 0 Å². The Kier molecular flexibility index (Phi) is 5.04. The van der Waals surface area contributed by atoms with Crippen LogP contribution in [-0.2, 0) is 4.84 Å². The predicted octanol–water partition coefficient (Wildman–Crippen LogP) is 4.58. The minimum absolute atomic E-state index is 0.139. The monoisotopic (exact) mass is 423 g/mol. The van der Waals surface area contributed by atoms with E-state index in [1.807, 2.05) is 0 Å². The molecule has 0 saturated carbocycles. The second-order valence-corrected chi connectivity index (χ2v) is 6.19. The summed E-state index contributed by atoms with van der Waals surface area (Å²) in [5, 5.41) is 7.54. The molecule has 1 aliphatic rings. The molecule has 0 radical (unpaired) electrons. The van der Waals surface area contributed by atoms with Gasteiger partial charge in [0.25, 0.3) is 0 Å². The van der Waals surface area contributed by atoms with E-state index >= 15 is 0 Å². The molecule has 0 fully saturated rings. The average molecular weight is 423 g/mol. The van der Waals surface area contributed by atoms with Gasteiger partial charge in [0.15, 0.2) is 0 Å². The molecule has 0 amide bonds. The second-order valence-electron chi connectivity index (χ2n) is 6.19. The summed E-state index contributed by atoms with van der Waals surface area (Å²) in [6.07, 6.45) is -3.86. The van der Waals surface area contributed by atoms with Crippen molar-refractivity contribution >= 4 is 0 Å². The first-order valence-corrected chi connectivity index (χ1v) is 8.53. The van der Waals surface area contributed by atoms with Crippen LogP contribution in [-0.4, -0.2) is 16.6 Å². The van der Waals surface area contributed by atoms with Crippen molar-refractivity contribution in [3.63, 3.8) is 0 Å². The van der Waals surface area contributed by atoms with Gasteiger partial charge in [-0.15, -0.1) is 23.4 Å². The minimum atomic E-state index is -4.77. The van der Waals surface area contributed by atoms with Gasteiger partial charge in [0, 0.05) is 24.6 Å². The highest BCUT2D eigenvalue weighted by molar-refractivity contribution is 5.56. The molecule has 1 aromatic heterocycles. The molecular formula is C19H13F4N3O4. The first kappa shape index (κ1) is 19.7. The van der Waals surface area contributed by atoms with Gasteiger partial charge < -0.3 is 13.9 Å². The molecule has 7 nitrogen and oxygen atoms in total. The van der Waals surface area contributed by atoms with Crippen molar-refractivity contribution < 1.29 is 36.3 Å². The largest absolute Gasteiger partial charge is 0.573 e. The number of hydrogen-bond donors (Lipinski definition) is 1. The molecule has 1 atom stereocenters. The number of halogens is 4. The van der Waals surface area contributed by atoms with Gasteiger partial charge in [-0.05, 0) is 29.8 Å². The topological polar surface area (TPSA) is 78.6 Å². The Labute approximate surface area is 166 Å². The van der Waals surface area contributed by atoms with Gasteiger partial charge >= 0.3 is 6.36 Å². The van der Waals surface area contributed by atoms with E-state index in [9.17, 15) is 17.6 Å². The van der Waals surface area contributed by atoms with Gasteiger partial charge in [-0.25, -0.2) is 9.87 Å². The lowest BCUT2D eigenvalue weighted by molar-refractivity contribution is -0.274. The van der Waals surface area contributed by atoms with Crippen LogP contribution in [0, 0.1) is 12.7 Å². The molecule has 2 heterocycles. The highest BCUT2D eigenvalue weighted by Crippen LogP contribution is 2.30. The summed E-state index contributed by atoms with van der Waals surface area (Å²) in [5.74, 6) is -0.122. The third-order valence-electron chi connectivity index (χ3n) is 3.90. The van der Waals surface area contributed by atoms with E-state index in [2.05, 4.69) is 20.4 Å². The number of aryl methyl sites for hydroxylation is 1. The molecule has 0 aliphatic carbocycles. The summed E-state index contributed by atoms with van der Waals surface area (Å²) in [6, 6.07) is 9.07. The molecule has 0 saturated heterocycles. The first-order valence-electron chi connectivity index (χ1n) is 8.53. The molecule has 3 aromatic rings. The van der Waals surface area contributed by atoms with Crippen LogP contribution in [0.1, 0.15) is 17.6 Å². The highest BCUT2D eigenvalue weighted by atomic mass is 19.4. The lowest BCUT2D eigenvalue weighted by Gasteiger charge is -2.11. The zero-order chi connectivity index (χ0) is 21.3. The fourth-order valence-corrected chi connectivity index (χ4v) is 2.69. The van der Waals surface area contributed by atoms with Crippen molar-refractivity contribution in [2.24, 2.45) is 0 Å². The third kappa shape index (κ3) is 4.69. The Bertz CT molecular complexity index is 1080. The molecule has 4 rings (SSSR count). The van der Waals surface area contributed by atoms with Crippen molar-refractivity contribution in [3.8, 4) is 23.0 Å². The molecule has 156 valence electrons. The molecular weight excluding hydrogens is 410 g/mol. The zero-order valence-corrected chi connectivity index (χ0v) is 15.2. The molecule has 0 bridgehead atoms. The van der Waals surface area contributed by atoms with Crippen LogP contribution in [0.4, 0.5) is 17.6 Å². The van der Waals surface area contributed by atoms with E-state index < -0.39 is 18.3 Å². The third-order valence-corrected chi connectivity index (χ3v) is 3.90. The van der Waals surface area contributed by atoms with Crippen LogP contribution >= 0.6 is 0 Å². The molecule has 11 heteroatoms. The van der Waals surface area contributed by atoms with Gasteiger partial charge in [-0.3, -0.25) is 4.84 Å². The molecule has 1 N–H and O–H groups in total. The van der Waals surface area contributed by atoms with Gasteiger partial charge in [-0.2, -0.15) is 0 Å². The standard InChI is InChI=1S/C19H13F4N3O4/c1-10-24-25-18(27-10)12-6-13(20)8-15(7-12)28-17-9-16(30-26-17)11-2-4-14(5-3-11)29-19(21,22)23/h2-9,16,26H,1H3/t16-/m1/s1. The molecule has 0 spiro atoms. The Morgan fingerprint density at radius 3 is 2.47 bits per heavy atom. The van der Waals surface area contributed by atoms with Crippen molar-refractivity contribution in [2.45, 2.75) is 19.4 Å². The predicted molar refractivity (Wildman–Crippen MR) is 93.2 cm³/mol. The van der Waals surface area contributed by atoms with Crippen LogP contribution in [0.2, 0.25) is 0 Å². The SMILES string of the molecule is Cc1nnc(-c2cc(F)cc(OC3=C[C@H](c4ccc(OC(F)(F)F)cc4)ON3)c2)o1. The van der Waals surface area contributed by atoms with Gasteiger partial charge in [0.05, 0.1) is 0 Å². The Morgan fingerprint density at radius 1 is 1.03 bits per heavy atom. The number of aromatic nitrogens is 2. The van der Waals surface area contributed by atoms with E-state index in [1.165, 1.54) is 36.4 Å². The van der Waals surface area contributed by atoms with Crippen molar-refractivity contribution in [2.75, 3.05) is 0 Å². The lowest BCUT2D eigenvalue weighted by atomic mass is 10.1. The Balaban J connectivity index is 1.47. The number of ether oxygens (including phenoxy) is 2. The van der Waals surface area contributed by atoms with Gasteiger partial charge in [0.1, 0.15) is 23.4 Å². The summed E-state index contributed by atoms with van der Waals surface area (Å²) >= 11 is 0. The number of alkyl halides is 3. The Morgan fingerprint density at radius 2 is 1.80 bits per heavy atom. The van der Waals surface area contributed by atoms with E-state index in [-0.39, 0.29) is 23.3 Å². The zero-order valence-electron chi connectivity index (χ0n) is 15.2. The summed E-state index contributed by atoms with van der Waals surface area (Å²) in [6.45, 7) is 1.61. The number of nitrogens with one attached hydrogen (secondary N) is 1. The average Bonchev–Trinajstić information content (AvgIpc) is 3.30. The number of hydrogen-bond acceptors (Lipinski definition) is 7. The van der Waals surface area contributed by atoms with Gasteiger partial charge in [-0.1, -0.05) is 12.1 Å². The van der Waals surface area contributed by atoms with Crippen molar-refractivity contribution in [1.82, 2.24) is 15.7 Å². The minimum Gasteiger partial charge on any atom is -0.439 e. The van der Waals surface area contributed by atoms with Crippen molar-refractivity contribution in [1.29, 1.82) is 0 Å². The second kappa shape index (κ2) is 7.67. The summed E-state index contributed by atoms with van der Waals surface area (Å²) in [4.78, 5) is 5.35. The van der Waals surface area contributed by atoms with E-state index in [1.54, 1.807) is 13.0 Å². The number of benzene rings is 2. The smallest absolute Gasteiger partial charge is 0.439 e. The van der Waals surface area contributed by atoms with Crippen molar-refractivity contribution in [3.05, 3.63) is 71.7 Å². The maximum absolute atomic E-state index is 14.0. The van der Waals surface area contributed by atoms with E-state index in [4.69, 9.17) is 14.0 Å². The quantitative estimate of drug-likeness (QED) is 0.602. The van der Waals surface area contributed by atoms with Crippen LogP contribution in [0.5, 0.6) is 11.5 Å². The van der Waals surface area contributed by atoms with Crippen LogP contribution in [0.15, 0.2) is 58.8 Å². The summed E-state index contributed by atoms with van der Waals surface area (Å²) < 4.78 is 65.4. The summed E-state index contributed by atoms with van der Waals surface area (Å²) in [7, 11) is 0. The molecule has 0 unspecified atom stereocenters. The van der Waals surface area contributed by atoms with Crippen LogP contribution < -0.4 is 15.0 Å². The summed E-state index contributed by atoms with van der Waals surface area (Å²) in [5.41, 5.74) is 3.43. The van der Waals surface area contributed by atoms with E-state index in [0.717, 1.165) is 6.07 Å². The van der Waals surface area contributed by atoms with Crippen LogP contribution in [0.25, 0.3) is 11.5 Å². The number of nitrogens with zero attached hydrogens (tertiary/aromatic N) is 2. The highest BCUT2D eigenvalue weighted by Gasteiger charge is 2.31. The number of rotatable bonds is 5. The van der Waals surface area contributed by atoms with E-state index in [0.29, 0.717) is 17.0 Å². The van der Waals surface area contributed by atoms with Gasteiger partial charge in [0.2, 0.25) is 17.7 Å². The number of hydroxylamine groups is 1. The maximum atomic E-state index is 14.0. The molecule has 2 aromatic carbocycles. The lowest BCUT2D eigenvalue weighted by Crippen LogP contribution is -2.17. The fourth-order valence-electron chi connectivity index (χ4n) is 2.69. The normalized spacial score (nSPS) is 16.2. The first-order chi connectivity index (χ1) is 14.2. The Hall–Kier alpha value is -3.60.